The summed E-state index contributed by atoms with van der Waals surface area (Å²) in [7, 11) is 0. The van der Waals surface area contributed by atoms with Crippen LogP contribution in [-0.2, 0) is 0 Å². The Morgan fingerprint density at radius 3 is 3.00 bits per heavy atom. The molecule has 1 aromatic rings. The first-order valence-electron chi connectivity index (χ1n) is 5.66. The number of hydrogen-bond donors (Lipinski definition) is 1. The maximum Gasteiger partial charge on any atom is 0.152 e. The first-order valence-corrected chi connectivity index (χ1v) is 5.66. The Labute approximate surface area is 91.5 Å². The van der Waals surface area contributed by atoms with Crippen LogP contribution in [0.25, 0.3) is 0 Å². The molecular formula is C12H19N3. The Morgan fingerprint density at radius 1 is 1.47 bits per heavy atom. The first kappa shape index (κ1) is 10.3. The molecule has 2 heterocycles. The molecule has 0 saturated carbocycles. The SMILES string of the molecule is Cc1ccnc2c1NCCCN2C(C)C. The topological polar surface area (TPSA) is 28.2 Å². The molecule has 0 amide bonds. The summed E-state index contributed by atoms with van der Waals surface area (Å²) in [5.74, 6) is 1.11. The minimum absolute atomic E-state index is 0.512. The monoisotopic (exact) mass is 205 g/mol. The van der Waals surface area contributed by atoms with Gasteiger partial charge in [0.25, 0.3) is 0 Å². The summed E-state index contributed by atoms with van der Waals surface area (Å²) in [5, 5.41) is 3.47. The van der Waals surface area contributed by atoms with Gasteiger partial charge in [-0.15, -0.1) is 0 Å². The lowest BCUT2D eigenvalue weighted by Crippen LogP contribution is -2.32. The molecule has 1 aliphatic rings. The van der Waals surface area contributed by atoms with Crippen LogP contribution in [-0.4, -0.2) is 24.1 Å². The van der Waals surface area contributed by atoms with Gasteiger partial charge in [-0.1, -0.05) is 0 Å². The Hall–Kier alpha value is -1.25. The van der Waals surface area contributed by atoms with Crippen molar-refractivity contribution in [2.45, 2.75) is 33.2 Å². The normalized spacial score (nSPS) is 15.9. The summed E-state index contributed by atoms with van der Waals surface area (Å²) >= 11 is 0. The highest BCUT2D eigenvalue weighted by molar-refractivity contribution is 5.70. The molecule has 2 rings (SSSR count). The fraction of sp³-hybridized carbons (Fsp3) is 0.583. The predicted molar refractivity (Wildman–Crippen MR) is 64.6 cm³/mol. The quantitative estimate of drug-likeness (QED) is 0.763. The highest BCUT2D eigenvalue weighted by atomic mass is 15.2. The third-order valence-corrected chi connectivity index (χ3v) is 2.91. The van der Waals surface area contributed by atoms with Crippen LogP contribution >= 0.6 is 0 Å². The molecular weight excluding hydrogens is 186 g/mol. The van der Waals surface area contributed by atoms with E-state index in [-0.39, 0.29) is 0 Å². The van der Waals surface area contributed by atoms with Crippen LogP contribution in [0, 0.1) is 6.92 Å². The number of aromatic nitrogens is 1. The Bertz CT molecular complexity index is 347. The first-order chi connectivity index (χ1) is 7.20. The largest absolute Gasteiger partial charge is 0.382 e. The Kier molecular flexibility index (Phi) is 2.80. The molecule has 3 nitrogen and oxygen atoms in total. The fourth-order valence-corrected chi connectivity index (χ4v) is 2.05. The molecule has 0 bridgehead atoms. The second-order valence-corrected chi connectivity index (χ2v) is 4.39. The van der Waals surface area contributed by atoms with Crippen LogP contribution in [0.5, 0.6) is 0 Å². The van der Waals surface area contributed by atoms with E-state index in [2.05, 4.69) is 42.0 Å². The molecule has 0 atom stereocenters. The van der Waals surface area contributed by atoms with Crippen LogP contribution < -0.4 is 10.2 Å². The van der Waals surface area contributed by atoms with Crippen molar-refractivity contribution < 1.29 is 0 Å². The van der Waals surface area contributed by atoms with Crippen LogP contribution in [0.2, 0.25) is 0 Å². The Balaban J connectivity index is 2.45. The number of nitrogens with zero attached hydrogens (tertiary/aromatic N) is 2. The van der Waals surface area contributed by atoms with Crippen molar-refractivity contribution in [3.05, 3.63) is 17.8 Å². The van der Waals surface area contributed by atoms with E-state index in [4.69, 9.17) is 0 Å². The number of nitrogens with one attached hydrogen (secondary N) is 1. The van der Waals surface area contributed by atoms with E-state index in [0.717, 1.165) is 18.9 Å². The molecule has 1 aliphatic heterocycles. The summed E-state index contributed by atoms with van der Waals surface area (Å²) in [5.41, 5.74) is 2.50. The molecule has 0 unspecified atom stereocenters. The van der Waals surface area contributed by atoms with Gasteiger partial charge in [0.15, 0.2) is 5.82 Å². The van der Waals surface area contributed by atoms with E-state index >= 15 is 0 Å². The van der Waals surface area contributed by atoms with Crippen molar-refractivity contribution in [3.63, 3.8) is 0 Å². The average Bonchev–Trinajstić information content (AvgIpc) is 2.40. The molecule has 0 spiro atoms. The standard InChI is InChI=1S/C12H19N3/c1-9(2)15-8-4-6-13-11-10(3)5-7-14-12(11)15/h5,7,9,13H,4,6,8H2,1-3H3. The van der Waals surface area contributed by atoms with Crippen molar-refractivity contribution in [3.8, 4) is 0 Å². The average molecular weight is 205 g/mol. The highest BCUT2D eigenvalue weighted by Gasteiger charge is 2.19. The zero-order valence-electron chi connectivity index (χ0n) is 9.75. The minimum atomic E-state index is 0.512. The lowest BCUT2D eigenvalue weighted by atomic mass is 10.2. The molecule has 0 saturated heterocycles. The third-order valence-electron chi connectivity index (χ3n) is 2.91. The zero-order chi connectivity index (χ0) is 10.8. The third kappa shape index (κ3) is 1.91. The van der Waals surface area contributed by atoms with Gasteiger partial charge >= 0.3 is 0 Å². The number of anilines is 2. The second kappa shape index (κ2) is 4.09. The molecule has 1 aromatic heterocycles. The van der Waals surface area contributed by atoms with Crippen LogP contribution in [0.3, 0.4) is 0 Å². The smallest absolute Gasteiger partial charge is 0.152 e. The summed E-state index contributed by atoms with van der Waals surface area (Å²) in [6.45, 7) is 8.71. The van der Waals surface area contributed by atoms with E-state index in [0.29, 0.717) is 6.04 Å². The van der Waals surface area contributed by atoms with E-state index in [1.54, 1.807) is 0 Å². The molecule has 15 heavy (non-hydrogen) atoms. The molecule has 0 radical (unpaired) electrons. The molecule has 0 fully saturated rings. The van der Waals surface area contributed by atoms with Gasteiger partial charge in [-0.05, 0) is 38.8 Å². The van der Waals surface area contributed by atoms with Crippen LogP contribution in [0.15, 0.2) is 12.3 Å². The lowest BCUT2D eigenvalue weighted by Gasteiger charge is -2.27. The van der Waals surface area contributed by atoms with E-state index < -0.39 is 0 Å². The number of pyridine rings is 1. The fourth-order valence-electron chi connectivity index (χ4n) is 2.05. The summed E-state index contributed by atoms with van der Waals surface area (Å²) < 4.78 is 0. The van der Waals surface area contributed by atoms with Crippen molar-refractivity contribution in [2.24, 2.45) is 0 Å². The van der Waals surface area contributed by atoms with Gasteiger partial charge in [-0.3, -0.25) is 0 Å². The molecule has 0 aliphatic carbocycles. The number of fused-ring (bicyclic) bond motifs is 1. The lowest BCUT2D eigenvalue weighted by molar-refractivity contribution is 0.665. The molecule has 3 heteroatoms. The molecule has 0 aromatic carbocycles. The maximum absolute atomic E-state index is 4.51. The molecule has 82 valence electrons. The van der Waals surface area contributed by atoms with E-state index in [9.17, 15) is 0 Å². The van der Waals surface area contributed by atoms with Gasteiger partial charge in [-0.2, -0.15) is 0 Å². The van der Waals surface area contributed by atoms with Crippen molar-refractivity contribution >= 4 is 11.5 Å². The predicted octanol–water partition coefficient (Wildman–Crippen LogP) is 2.42. The van der Waals surface area contributed by atoms with Crippen molar-refractivity contribution in [1.29, 1.82) is 0 Å². The van der Waals surface area contributed by atoms with Gasteiger partial charge in [0.1, 0.15) is 0 Å². The summed E-state index contributed by atoms with van der Waals surface area (Å²) in [6.07, 6.45) is 3.07. The van der Waals surface area contributed by atoms with Gasteiger partial charge < -0.3 is 10.2 Å². The van der Waals surface area contributed by atoms with E-state index in [1.165, 1.54) is 17.7 Å². The number of aryl methyl sites for hydroxylation is 1. The van der Waals surface area contributed by atoms with Crippen molar-refractivity contribution in [2.75, 3.05) is 23.3 Å². The van der Waals surface area contributed by atoms with Crippen molar-refractivity contribution in [1.82, 2.24) is 4.98 Å². The van der Waals surface area contributed by atoms with Gasteiger partial charge in [0.05, 0.1) is 5.69 Å². The maximum atomic E-state index is 4.51. The van der Waals surface area contributed by atoms with E-state index in [1.807, 2.05) is 6.20 Å². The summed E-state index contributed by atoms with van der Waals surface area (Å²) in [4.78, 5) is 6.88. The Morgan fingerprint density at radius 2 is 2.27 bits per heavy atom. The van der Waals surface area contributed by atoms with Gasteiger partial charge in [-0.25, -0.2) is 4.98 Å². The number of hydrogen-bond acceptors (Lipinski definition) is 3. The number of rotatable bonds is 1. The van der Waals surface area contributed by atoms with Gasteiger partial charge in [0, 0.05) is 25.3 Å². The van der Waals surface area contributed by atoms with Crippen LogP contribution in [0.4, 0.5) is 11.5 Å². The van der Waals surface area contributed by atoms with Crippen LogP contribution in [0.1, 0.15) is 25.8 Å². The van der Waals surface area contributed by atoms with Gasteiger partial charge in [0.2, 0.25) is 0 Å². The summed E-state index contributed by atoms with van der Waals surface area (Å²) in [6, 6.07) is 2.58. The molecule has 1 N–H and O–H groups in total. The zero-order valence-corrected chi connectivity index (χ0v) is 9.75. The second-order valence-electron chi connectivity index (χ2n) is 4.39. The highest BCUT2D eigenvalue weighted by Crippen LogP contribution is 2.29. The minimum Gasteiger partial charge on any atom is -0.382 e.